The Kier molecular flexibility index (Phi) is 7.68. The summed E-state index contributed by atoms with van der Waals surface area (Å²) in [5, 5.41) is 0. The van der Waals surface area contributed by atoms with E-state index in [9.17, 15) is 8.42 Å². The molecule has 0 radical (unpaired) electrons. The number of benzene rings is 1. The first-order valence-electron chi connectivity index (χ1n) is 7.20. The Bertz CT molecular complexity index is 561. The Hall–Kier alpha value is -0.100. The number of hydrogen-bond acceptors (Lipinski definition) is 2. The molecular formula is C15H23BrClNO2S. The Labute approximate surface area is 141 Å². The van der Waals surface area contributed by atoms with Crippen LogP contribution in [0.1, 0.15) is 45.6 Å². The second kappa shape index (κ2) is 8.51. The summed E-state index contributed by atoms with van der Waals surface area (Å²) < 4.78 is 27.8. The molecule has 0 bridgehead atoms. The van der Waals surface area contributed by atoms with Gasteiger partial charge >= 0.3 is 0 Å². The molecular weight excluding hydrogens is 374 g/mol. The van der Waals surface area contributed by atoms with Crippen LogP contribution in [0.15, 0.2) is 27.6 Å². The number of alkyl halides is 1. The summed E-state index contributed by atoms with van der Waals surface area (Å²) in [6.07, 6.45) is 2.98. The van der Waals surface area contributed by atoms with Crippen LogP contribution in [0.3, 0.4) is 0 Å². The Morgan fingerprint density at radius 3 is 2.43 bits per heavy atom. The molecule has 1 aromatic rings. The van der Waals surface area contributed by atoms with Crippen molar-refractivity contribution in [2.75, 3.05) is 6.54 Å². The molecule has 0 aliphatic heterocycles. The number of rotatable bonds is 8. The lowest BCUT2D eigenvalue weighted by molar-refractivity contribution is 0.345. The van der Waals surface area contributed by atoms with Crippen molar-refractivity contribution < 1.29 is 8.42 Å². The molecule has 0 saturated carbocycles. The van der Waals surface area contributed by atoms with Gasteiger partial charge < -0.3 is 0 Å². The SMILES string of the molecule is CCCCCN(C(C)C)S(=O)(=O)c1ccc(CCl)cc1Br. The minimum absolute atomic E-state index is 0.0635. The quantitative estimate of drug-likeness (QED) is 0.468. The fraction of sp³-hybridized carbons (Fsp3) is 0.600. The third kappa shape index (κ3) is 4.95. The van der Waals surface area contributed by atoms with Gasteiger partial charge in [0, 0.05) is 22.9 Å². The molecule has 1 rings (SSSR count). The molecule has 0 heterocycles. The number of hydrogen-bond donors (Lipinski definition) is 0. The number of halogens is 2. The van der Waals surface area contributed by atoms with Crippen LogP contribution in [0.5, 0.6) is 0 Å². The summed E-state index contributed by atoms with van der Waals surface area (Å²) >= 11 is 9.14. The minimum atomic E-state index is -3.49. The van der Waals surface area contributed by atoms with Crippen molar-refractivity contribution in [3.05, 3.63) is 28.2 Å². The van der Waals surface area contributed by atoms with Gasteiger partial charge in [-0.1, -0.05) is 25.8 Å². The molecule has 0 amide bonds. The maximum Gasteiger partial charge on any atom is 0.244 e. The monoisotopic (exact) mass is 395 g/mol. The third-order valence-electron chi connectivity index (χ3n) is 3.30. The smallest absolute Gasteiger partial charge is 0.207 e. The number of nitrogens with zero attached hydrogens (tertiary/aromatic N) is 1. The zero-order valence-electron chi connectivity index (χ0n) is 12.8. The summed E-state index contributed by atoms with van der Waals surface area (Å²) in [5.74, 6) is 0.364. The van der Waals surface area contributed by atoms with Gasteiger partial charge in [-0.15, -0.1) is 11.6 Å². The standard InChI is InChI=1S/C15H23BrClNO2S/c1-4-5-6-9-18(12(2)3)21(19,20)15-8-7-13(11-17)10-14(15)16/h7-8,10,12H,4-6,9,11H2,1-3H3. The van der Waals surface area contributed by atoms with Gasteiger partial charge in [0.05, 0.1) is 4.90 Å². The second-order valence-electron chi connectivity index (χ2n) is 5.32. The highest BCUT2D eigenvalue weighted by Crippen LogP contribution is 2.28. The normalized spacial score (nSPS) is 12.3. The number of unbranched alkanes of at least 4 members (excludes halogenated alkanes) is 2. The average Bonchev–Trinajstić information content (AvgIpc) is 2.42. The highest BCUT2D eigenvalue weighted by molar-refractivity contribution is 9.10. The molecule has 0 spiro atoms. The van der Waals surface area contributed by atoms with E-state index in [1.807, 2.05) is 13.8 Å². The van der Waals surface area contributed by atoms with E-state index in [1.54, 1.807) is 22.5 Å². The van der Waals surface area contributed by atoms with Gasteiger partial charge in [0.1, 0.15) is 0 Å². The van der Waals surface area contributed by atoms with E-state index in [-0.39, 0.29) is 6.04 Å². The lowest BCUT2D eigenvalue weighted by atomic mass is 10.2. The molecule has 3 nitrogen and oxygen atoms in total. The van der Waals surface area contributed by atoms with E-state index in [0.29, 0.717) is 21.8 Å². The predicted molar refractivity (Wildman–Crippen MR) is 92.3 cm³/mol. The molecule has 0 saturated heterocycles. The molecule has 6 heteroatoms. The summed E-state index contributed by atoms with van der Waals surface area (Å²) in [6.45, 7) is 6.47. The van der Waals surface area contributed by atoms with Gasteiger partial charge in [-0.05, 0) is 53.9 Å². The molecule has 21 heavy (non-hydrogen) atoms. The fourth-order valence-corrected chi connectivity index (χ4v) is 5.07. The molecule has 0 aromatic heterocycles. The summed E-state index contributed by atoms with van der Waals surface area (Å²) in [4.78, 5) is 0.307. The van der Waals surface area contributed by atoms with Crippen molar-refractivity contribution in [2.45, 2.75) is 56.9 Å². The van der Waals surface area contributed by atoms with Gasteiger partial charge in [-0.2, -0.15) is 4.31 Å². The van der Waals surface area contributed by atoms with E-state index in [1.165, 1.54) is 0 Å². The fourth-order valence-electron chi connectivity index (χ4n) is 2.14. The lowest BCUT2D eigenvalue weighted by Gasteiger charge is -2.26. The van der Waals surface area contributed by atoms with Crippen molar-refractivity contribution in [2.24, 2.45) is 0 Å². The van der Waals surface area contributed by atoms with E-state index in [2.05, 4.69) is 22.9 Å². The first kappa shape index (κ1) is 18.9. The van der Waals surface area contributed by atoms with Gasteiger partial charge in [0.25, 0.3) is 0 Å². The van der Waals surface area contributed by atoms with Crippen molar-refractivity contribution in [1.82, 2.24) is 4.31 Å². The predicted octanol–water partition coefficient (Wildman–Crippen LogP) is 4.78. The van der Waals surface area contributed by atoms with Crippen LogP contribution in [0.25, 0.3) is 0 Å². The second-order valence-corrected chi connectivity index (χ2v) is 8.30. The molecule has 0 aliphatic rings. The van der Waals surface area contributed by atoms with E-state index in [4.69, 9.17) is 11.6 Å². The zero-order chi connectivity index (χ0) is 16.0. The Morgan fingerprint density at radius 1 is 1.29 bits per heavy atom. The van der Waals surface area contributed by atoms with E-state index in [0.717, 1.165) is 24.8 Å². The summed E-state index contributed by atoms with van der Waals surface area (Å²) in [7, 11) is -3.49. The Morgan fingerprint density at radius 2 is 1.95 bits per heavy atom. The molecule has 0 aliphatic carbocycles. The van der Waals surface area contributed by atoms with Crippen LogP contribution < -0.4 is 0 Å². The highest BCUT2D eigenvalue weighted by atomic mass is 79.9. The molecule has 0 unspecified atom stereocenters. The maximum atomic E-state index is 12.9. The summed E-state index contributed by atoms with van der Waals surface area (Å²) in [5.41, 5.74) is 0.893. The van der Waals surface area contributed by atoms with Crippen LogP contribution in [0.4, 0.5) is 0 Å². The van der Waals surface area contributed by atoms with Crippen LogP contribution in [0, 0.1) is 0 Å². The minimum Gasteiger partial charge on any atom is -0.207 e. The average molecular weight is 397 g/mol. The van der Waals surface area contributed by atoms with Crippen LogP contribution in [-0.2, 0) is 15.9 Å². The maximum absolute atomic E-state index is 12.9. The number of sulfonamides is 1. The van der Waals surface area contributed by atoms with Crippen molar-refractivity contribution >= 4 is 37.6 Å². The van der Waals surface area contributed by atoms with Crippen molar-refractivity contribution in [3.63, 3.8) is 0 Å². The third-order valence-corrected chi connectivity index (χ3v) is 6.66. The highest BCUT2D eigenvalue weighted by Gasteiger charge is 2.28. The van der Waals surface area contributed by atoms with Gasteiger partial charge in [0.2, 0.25) is 10.0 Å². The summed E-state index contributed by atoms with van der Waals surface area (Å²) in [6, 6.07) is 5.10. The van der Waals surface area contributed by atoms with Gasteiger partial charge in [-0.3, -0.25) is 0 Å². The molecule has 0 atom stereocenters. The van der Waals surface area contributed by atoms with Crippen molar-refractivity contribution in [3.8, 4) is 0 Å². The van der Waals surface area contributed by atoms with Crippen molar-refractivity contribution in [1.29, 1.82) is 0 Å². The Balaban J connectivity index is 3.11. The largest absolute Gasteiger partial charge is 0.244 e. The van der Waals surface area contributed by atoms with E-state index < -0.39 is 10.0 Å². The van der Waals surface area contributed by atoms with Crippen LogP contribution in [0.2, 0.25) is 0 Å². The molecule has 1 aromatic carbocycles. The van der Waals surface area contributed by atoms with Crippen LogP contribution in [-0.4, -0.2) is 25.3 Å². The van der Waals surface area contributed by atoms with Gasteiger partial charge in [0.15, 0.2) is 0 Å². The topological polar surface area (TPSA) is 37.4 Å². The van der Waals surface area contributed by atoms with Crippen LogP contribution >= 0.6 is 27.5 Å². The lowest BCUT2D eigenvalue weighted by Crippen LogP contribution is -2.37. The van der Waals surface area contributed by atoms with Gasteiger partial charge in [-0.25, -0.2) is 8.42 Å². The molecule has 120 valence electrons. The molecule has 0 fully saturated rings. The first-order valence-corrected chi connectivity index (χ1v) is 9.97. The first-order chi connectivity index (χ1) is 9.84. The van der Waals surface area contributed by atoms with E-state index >= 15 is 0 Å². The molecule has 0 N–H and O–H groups in total. The zero-order valence-corrected chi connectivity index (χ0v) is 15.9.